The van der Waals surface area contributed by atoms with E-state index in [0.29, 0.717) is 10.6 Å². The summed E-state index contributed by atoms with van der Waals surface area (Å²) in [6.45, 7) is 0. The van der Waals surface area contributed by atoms with Crippen LogP contribution in [-0.2, 0) is 4.79 Å². The van der Waals surface area contributed by atoms with E-state index in [0.717, 1.165) is 11.8 Å². The topological polar surface area (TPSA) is 54.4 Å². The second-order valence-corrected chi connectivity index (χ2v) is 4.24. The first-order valence-electron chi connectivity index (χ1n) is 4.18. The zero-order valence-corrected chi connectivity index (χ0v) is 9.35. The van der Waals surface area contributed by atoms with Crippen LogP contribution in [0, 0.1) is 0 Å². The number of carbonyl (C=O) groups excluding carboxylic acids is 1. The van der Waals surface area contributed by atoms with Gasteiger partial charge in [-0.15, -0.1) is 11.8 Å². The molecular formula is C10H9ClO3S. The number of rotatable bonds is 5. The minimum atomic E-state index is -0.918. The molecule has 0 spiro atoms. The maximum atomic E-state index is 11.5. The fraction of sp³-hybridized carbons (Fsp3) is 0.200. The van der Waals surface area contributed by atoms with Crippen LogP contribution < -0.4 is 0 Å². The first kappa shape index (κ1) is 12.1. The van der Waals surface area contributed by atoms with E-state index in [1.807, 2.05) is 0 Å². The van der Waals surface area contributed by atoms with Gasteiger partial charge in [-0.2, -0.15) is 0 Å². The number of hydrogen-bond acceptors (Lipinski definition) is 3. The summed E-state index contributed by atoms with van der Waals surface area (Å²) in [5, 5.41) is 8.89. The number of thioether (sulfide) groups is 1. The van der Waals surface area contributed by atoms with Gasteiger partial charge >= 0.3 is 5.97 Å². The van der Waals surface area contributed by atoms with Crippen LogP contribution in [0.1, 0.15) is 10.4 Å². The van der Waals surface area contributed by atoms with Gasteiger partial charge in [-0.25, -0.2) is 0 Å². The van der Waals surface area contributed by atoms with Crippen molar-refractivity contribution >= 4 is 35.1 Å². The zero-order valence-electron chi connectivity index (χ0n) is 7.77. The summed E-state index contributed by atoms with van der Waals surface area (Å²) < 4.78 is 0. The summed E-state index contributed by atoms with van der Waals surface area (Å²) in [7, 11) is 0. The second-order valence-electron chi connectivity index (χ2n) is 2.82. The predicted molar refractivity (Wildman–Crippen MR) is 60.7 cm³/mol. The summed E-state index contributed by atoms with van der Waals surface area (Å²) in [5.74, 6) is -0.929. The van der Waals surface area contributed by atoms with E-state index >= 15 is 0 Å². The van der Waals surface area contributed by atoms with Crippen molar-refractivity contribution in [2.45, 2.75) is 0 Å². The standard InChI is InChI=1S/C10H9ClO3S/c11-8-3-1-2-7(4-8)9(12)5-15-6-10(13)14/h1-4H,5-6H2,(H,13,14). The van der Waals surface area contributed by atoms with Crippen LogP contribution in [0.3, 0.4) is 0 Å². The van der Waals surface area contributed by atoms with Gasteiger partial charge < -0.3 is 5.11 Å². The third kappa shape index (κ3) is 4.36. The van der Waals surface area contributed by atoms with Gasteiger partial charge in [-0.1, -0.05) is 23.7 Å². The highest BCUT2D eigenvalue weighted by atomic mass is 35.5. The number of ketones is 1. The molecule has 5 heteroatoms. The molecule has 1 aromatic carbocycles. The highest BCUT2D eigenvalue weighted by molar-refractivity contribution is 8.00. The highest BCUT2D eigenvalue weighted by Crippen LogP contribution is 2.13. The molecule has 0 bridgehead atoms. The summed E-state index contributed by atoms with van der Waals surface area (Å²) in [5.41, 5.74) is 0.514. The molecule has 0 saturated carbocycles. The Kier molecular flexibility index (Phi) is 4.65. The molecule has 0 unspecified atom stereocenters. The molecule has 0 aliphatic rings. The predicted octanol–water partition coefficient (Wildman–Crippen LogP) is 2.34. The van der Waals surface area contributed by atoms with E-state index in [2.05, 4.69) is 0 Å². The van der Waals surface area contributed by atoms with Crippen LogP contribution in [-0.4, -0.2) is 28.4 Å². The van der Waals surface area contributed by atoms with Crippen molar-refractivity contribution in [2.24, 2.45) is 0 Å². The molecular weight excluding hydrogens is 236 g/mol. The van der Waals surface area contributed by atoms with Gasteiger partial charge in [-0.05, 0) is 12.1 Å². The normalized spacial score (nSPS) is 9.93. The molecule has 15 heavy (non-hydrogen) atoms. The van der Waals surface area contributed by atoms with Crippen molar-refractivity contribution in [3.05, 3.63) is 34.9 Å². The second kappa shape index (κ2) is 5.78. The first-order chi connectivity index (χ1) is 7.09. The van der Waals surface area contributed by atoms with Crippen molar-refractivity contribution in [1.82, 2.24) is 0 Å². The molecule has 0 atom stereocenters. The van der Waals surface area contributed by atoms with Crippen molar-refractivity contribution in [3.8, 4) is 0 Å². The Morgan fingerprint density at radius 3 is 2.67 bits per heavy atom. The average Bonchev–Trinajstić information content (AvgIpc) is 2.17. The maximum Gasteiger partial charge on any atom is 0.313 e. The Hall–Kier alpha value is -1.00. The van der Waals surface area contributed by atoms with Crippen LogP contribution in [0.4, 0.5) is 0 Å². The van der Waals surface area contributed by atoms with Crippen LogP contribution >= 0.6 is 23.4 Å². The van der Waals surface area contributed by atoms with Gasteiger partial charge in [0.05, 0.1) is 11.5 Å². The van der Waals surface area contributed by atoms with Crippen molar-refractivity contribution in [3.63, 3.8) is 0 Å². The van der Waals surface area contributed by atoms with Crippen LogP contribution in [0.5, 0.6) is 0 Å². The van der Waals surface area contributed by atoms with Crippen LogP contribution in [0.15, 0.2) is 24.3 Å². The van der Waals surface area contributed by atoms with Crippen molar-refractivity contribution < 1.29 is 14.7 Å². The number of Topliss-reactive ketones (excluding diaryl/α,β-unsaturated/α-hetero) is 1. The average molecular weight is 245 g/mol. The van der Waals surface area contributed by atoms with E-state index in [9.17, 15) is 9.59 Å². The number of benzene rings is 1. The van der Waals surface area contributed by atoms with E-state index in [-0.39, 0.29) is 17.3 Å². The molecule has 3 nitrogen and oxygen atoms in total. The van der Waals surface area contributed by atoms with Crippen LogP contribution in [0.25, 0.3) is 0 Å². The summed E-state index contributed by atoms with van der Waals surface area (Å²) in [6, 6.07) is 6.61. The van der Waals surface area contributed by atoms with Gasteiger partial charge in [0, 0.05) is 10.6 Å². The van der Waals surface area contributed by atoms with E-state index in [1.54, 1.807) is 24.3 Å². The number of hydrogen-bond donors (Lipinski definition) is 1. The molecule has 80 valence electrons. The van der Waals surface area contributed by atoms with Gasteiger partial charge in [0.25, 0.3) is 0 Å². The Labute approximate surface area is 96.4 Å². The molecule has 0 fully saturated rings. The minimum absolute atomic E-state index is 0.0632. The molecule has 0 saturated heterocycles. The number of halogens is 1. The molecule has 0 aliphatic carbocycles. The lowest BCUT2D eigenvalue weighted by molar-refractivity contribution is -0.133. The number of carboxylic acid groups (broad SMARTS) is 1. The monoisotopic (exact) mass is 244 g/mol. The van der Waals surface area contributed by atoms with E-state index in [1.165, 1.54) is 0 Å². The number of carbonyl (C=O) groups is 2. The van der Waals surface area contributed by atoms with E-state index < -0.39 is 5.97 Å². The zero-order chi connectivity index (χ0) is 11.3. The van der Waals surface area contributed by atoms with Crippen molar-refractivity contribution in [2.75, 3.05) is 11.5 Å². The largest absolute Gasteiger partial charge is 0.481 e. The van der Waals surface area contributed by atoms with Crippen LogP contribution in [0.2, 0.25) is 5.02 Å². The Morgan fingerprint density at radius 2 is 2.07 bits per heavy atom. The Bertz CT molecular complexity index is 379. The quantitative estimate of drug-likeness (QED) is 0.808. The fourth-order valence-electron chi connectivity index (χ4n) is 0.976. The number of carboxylic acids is 1. The first-order valence-corrected chi connectivity index (χ1v) is 5.71. The highest BCUT2D eigenvalue weighted by Gasteiger charge is 2.07. The molecule has 1 N–H and O–H groups in total. The lowest BCUT2D eigenvalue weighted by Crippen LogP contribution is -2.06. The molecule has 0 aliphatic heterocycles. The Morgan fingerprint density at radius 1 is 1.33 bits per heavy atom. The molecule has 1 aromatic rings. The summed E-state index contributed by atoms with van der Waals surface area (Å²) >= 11 is 6.80. The smallest absolute Gasteiger partial charge is 0.313 e. The molecule has 0 aromatic heterocycles. The third-order valence-corrected chi connectivity index (χ3v) is 2.76. The minimum Gasteiger partial charge on any atom is -0.481 e. The number of aliphatic carboxylic acids is 1. The lowest BCUT2D eigenvalue weighted by Gasteiger charge is -2.00. The summed E-state index contributed by atoms with van der Waals surface area (Å²) in [6.07, 6.45) is 0. The SMILES string of the molecule is O=C(O)CSCC(=O)c1cccc(Cl)c1. The van der Waals surface area contributed by atoms with E-state index in [4.69, 9.17) is 16.7 Å². The van der Waals surface area contributed by atoms with Gasteiger partial charge in [0.2, 0.25) is 0 Å². The molecule has 0 heterocycles. The summed E-state index contributed by atoms with van der Waals surface area (Å²) in [4.78, 5) is 21.7. The Balaban J connectivity index is 2.50. The fourth-order valence-corrected chi connectivity index (χ4v) is 1.80. The van der Waals surface area contributed by atoms with Gasteiger partial charge in [0.15, 0.2) is 5.78 Å². The van der Waals surface area contributed by atoms with Crippen molar-refractivity contribution in [1.29, 1.82) is 0 Å². The van der Waals surface area contributed by atoms with Gasteiger partial charge in [-0.3, -0.25) is 9.59 Å². The van der Waals surface area contributed by atoms with Gasteiger partial charge in [0.1, 0.15) is 0 Å². The lowest BCUT2D eigenvalue weighted by atomic mass is 10.1. The molecule has 1 rings (SSSR count). The molecule has 0 amide bonds. The maximum absolute atomic E-state index is 11.5. The third-order valence-electron chi connectivity index (χ3n) is 1.61. The molecule has 0 radical (unpaired) electrons.